The molecule has 0 bridgehead atoms. The molecule has 0 radical (unpaired) electrons. The third kappa shape index (κ3) is 2.06. The lowest BCUT2D eigenvalue weighted by atomic mass is 10.3. The molecule has 0 unspecified atom stereocenters. The van der Waals surface area contributed by atoms with E-state index in [4.69, 9.17) is 5.11 Å². The predicted octanol–water partition coefficient (Wildman–Crippen LogP) is 1.84. The number of rotatable bonds is 5. The van der Waals surface area contributed by atoms with Crippen LogP contribution in [0.2, 0.25) is 0 Å². The Hall–Kier alpha value is -1.04. The second kappa shape index (κ2) is 3.73. The van der Waals surface area contributed by atoms with Crippen molar-refractivity contribution in [3.05, 3.63) is 5.82 Å². The molecule has 6 heteroatoms. The molecule has 92 valence electrons. The minimum absolute atomic E-state index is 0.0544. The first kappa shape index (κ1) is 11.1. The van der Waals surface area contributed by atoms with Crippen molar-refractivity contribution in [2.24, 2.45) is 0 Å². The third-order valence-corrected chi connectivity index (χ3v) is 4.35. The fraction of sp³-hybridized carbons (Fsp3) is 0.727. The highest BCUT2D eigenvalue weighted by atomic mass is 32.2. The number of carbonyl (C=O) groups is 1. The molecule has 2 aliphatic carbocycles. The normalized spacial score (nSPS) is 21.5. The van der Waals surface area contributed by atoms with Gasteiger partial charge in [0.2, 0.25) is 0 Å². The number of thioether (sulfide) groups is 1. The molecule has 0 spiro atoms. The summed E-state index contributed by atoms with van der Waals surface area (Å²) in [5, 5.41) is 17.9. The van der Waals surface area contributed by atoms with Gasteiger partial charge >= 0.3 is 5.97 Å². The molecule has 2 saturated carbocycles. The minimum Gasteiger partial charge on any atom is -0.481 e. The van der Waals surface area contributed by atoms with Crippen molar-refractivity contribution in [1.29, 1.82) is 0 Å². The number of hydrogen-bond donors (Lipinski definition) is 1. The number of nitrogens with zero attached hydrogens (tertiary/aromatic N) is 3. The lowest BCUT2D eigenvalue weighted by Gasteiger charge is -2.15. The van der Waals surface area contributed by atoms with Gasteiger partial charge in [0.05, 0.1) is 5.75 Å². The summed E-state index contributed by atoms with van der Waals surface area (Å²) in [4.78, 5) is 10.6. The highest BCUT2D eigenvalue weighted by Gasteiger charge is 2.45. The zero-order chi connectivity index (χ0) is 12.0. The van der Waals surface area contributed by atoms with Crippen LogP contribution in [0.5, 0.6) is 0 Å². The van der Waals surface area contributed by atoms with E-state index in [1.54, 1.807) is 0 Å². The maximum atomic E-state index is 10.6. The Morgan fingerprint density at radius 1 is 1.53 bits per heavy atom. The van der Waals surface area contributed by atoms with Gasteiger partial charge in [0, 0.05) is 11.5 Å². The van der Waals surface area contributed by atoms with E-state index >= 15 is 0 Å². The molecule has 1 aromatic heterocycles. The zero-order valence-electron chi connectivity index (χ0n) is 9.72. The molecule has 2 aliphatic rings. The summed E-state index contributed by atoms with van der Waals surface area (Å²) in [7, 11) is 0. The first-order valence-corrected chi connectivity index (χ1v) is 6.89. The Labute approximate surface area is 104 Å². The Morgan fingerprint density at radius 3 is 2.76 bits per heavy atom. The van der Waals surface area contributed by atoms with Crippen molar-refractivity contribution in [3.8, 4) is 0 Å². The maximum Gasteiger partial charge on any atom is 0.313 e. The van der Waals surface area contributed by atoms with Crippen molar-refractivity contribution in [2.45, 2.75) is 49.2 Å². The Bertz CT molecular complexity index is 463. The van der Waals surface area contributed by atoms with Gasteiger partial charge in [-0.3, -0.25) is 9.36 Å². The van der Waals surface area contributed by atoms with Crippen LogP contribution in [0.25, 0.3) is 0 Å². The Balaban J connectivity index is 1.89. The largest absolute Gasteiger partial charge is 0.481 e. The zero-order valence-corrected chi connectivity index (χ0v) is 10.5. The molecule has 3 rings (SSSR count). The second-order valence-electron chi connectivity index (χ2n) is 5.13. The second-order valence-corrected chi connectivity index (χ2v) is 6.07. The number of aromatic nitrogens is 3. The summed E-state index contributed by atoms with van der Waals surface area (Å²) in [6.07, 6.45) is 4.67. The lowest BCUT2D eigenvalue weighted by molar-refractivity contribution is -0.133. The summed E-state index contributed by atoms with van der Waals surface area (Å²) >= 11 is 1.28. The molecular formula is C11H15N3O2S. The van der Waals surface area contributed by atoms with Crippen LogP contribution in [0.15, 0.2) is 5.16 Å². The molecule has 0 aliphatic heterocycles. The number of carboxylic acid groups (broad SMARTS) is 1. The molecule has 1 aromatic rings. The van der Waals surface area contributed by atoms with E-state index in [0.29, 0.717) is 5.92 Å². The topological polar surface area (TPSA) is 68.0 Å². The quantitative estimate of drug-likeness (QED) is 0.811. The van der Waals surface area contributed by atoms with Crippen LogP contribution in [0, 0.1) is 0 Å². The molecule has 0 aromatic carbocycles. The number of carboxylic acids is 1. The number of hydrogen-bond acceptors (Lipinski definition) is 4. The van der Waals surface area contributed by atoms with Gasteiger partial charge < -0.3 is 5.11 Å². The highest BCUT2D eigenvalue weighted by molar-refractivity contribution is 7.99. The van der Waals surface area contributed by atoms with Gasteiger partial charge in [-0.15, -0.1) is 10.2 Å². The third-order valence-electron chi connectivity index (χ3n) is 3.44. The molecular weight excluding hydrogens is 238 g/mol. The van der Waals surface area contributed by atoms with Crippen LogP contribution in [0.3, 0.4) is 0 Å². The first-order valence-electron chi connectivity index (χ1n) is 5.90. The lowest BCUT2D eigenvalue weighted by Crippen LogP contribution is -2.17. The Morgan fingerprint density at radius 2 is 2.24 bits per heavy atom. The van der Waals surface area contributed by atoms with Crippen molar-refractivity contribution < 1.29 is 9.90 Å². The van der Waals surface area contributed by atoms with E-state index in [-0.39, 0.29) is 11.3 Å². The Kier molecular flexibility index (Phi) is 2.43. The van der Waals surface area contributed by atoms with Gasteiger partial charge in [-0.25, -0.2) is 0 Å². The molecule has 1 N–H and O–H groups in total. The smallest absolute Gasteiger partial charge is 0.313 e. The van der Waals surface area contributed by atoms with E-state index in [1.165, 1.54) is 24.6 Å². The van der Waals surface area contributed by atoms with E-state index in [0.717, 1.165) is 23.8 Å². The molecule has 0 saturated heterocycles. The molecule has 0 atom stereocenters. The molecule has 5 nitrogen and oxygen atoms in total. The molecule has 1 heterocycles. The van der Waals surface area contributed by atoms with Crippen molar-refractivity contribution in [3.63, 3.8) is 0 Å². The van der Waals surface area contributed by atoms with E-state index in [9.17, 15) is 4.79 Å². The summed E-state index contributed by atoms with van der Waals surface area (Å²) < 4.78 is 2.19. The summed E-state index contributed by atoms with van der Waals surface area (Å²) in [6, 6.07) is 0. The maximum absolute atomic E-state index is 10.6. The summed E-state index contributed by atoms with van der Waals surface area (Å²) in [5.41, 5.74) is 0.141. The average Bonchev–Trinajstić information content (AvgIpc) is 3.19. The van der Waals surface area contributed by atoms with E-state index in [2.05, 4.69) is 21.7 Å². The van der Waals surface area contributed by atoms with Crippen LogP contribution in [-0.4, -0.2) is 31.6 Å². The minimum atomic E-state index is -0.807. The van der Waals surface area contributed by atoms with Crippen molar-refractivity contribution >= 4 is 17.7 Å². The van der Waals surface area contributed by atoms with Crippen molar-refractivity contribution in [1.82, 2.24) is 14.8 Å². The van der Waals surface area contributed by atoms with E-state index < -0.39 is 5.97 Å². The van der Waals surface area contributed by atoms with Gasteiger partial charge in [0.1, 0.15) is 5.82 Å². The van der Waals surface area contributed by atoms with Gasteiger partial charge in [-0.05, 0) is 32.6 Å². The van der Waals surface area contributed by atoms with Gasteiger partial charge in [0.25, 0.3) is 0 Å². The van der Waals surface area contributed by atoms with Gasteiger partial charge in [0.15, 0.2) is 5.16 Å². The van der Waals surface area contributed by atoms with Crippen LogP contribution in [-0.2, 0) is 10.3 Å². The highest BCUT2D eigenvalue weighted by Crippen LogP contribution is 2.49. The summed E-state index contributed by atoms with van der Waals surface area (Å²) in [6.45, 7) is 2.20. The molecule has 0 amide bonds. The van der Waals surface area contributed by atoms with E-state index in [1.807, 2.05) is 0 Å². The summed E-state index contributed by atoms with van der Waals surface area (Å²) in [5.74, 6) is 0.870. The van der Waals surface area contributed by atoms with Gasteiger partial charge in [-0.1, -0.05) is 11.8 Å². The molecule has 2 fully saturated rings. The fourth-order valence-corrected chi connectivity index (χ4v) is 2.81. The van der Waals surface area contributed by atoms with Gasteiger partial charge in [-0.2, -0.15) is 0 Å². The van der Waals surface area contributed by atoms with Crippen LogP contribution in [0.1, 0.15) is 44.3 Å². The van der Waals surface area contributed by atoms with Crippen LogP contribution in [0.4, 0.5) is 0 Å². The standard InChI is InChI=1S/C11H15N3O2S/c1-11(4-5-11)14-9(7-2-3-7)12-13-10(14)17-6-8(15)16/h7H,2-6H2,1H3,(H,15,16). The first-order chi connectivity index (χ1) is 8.10. The molecule has 17 heavy (non-hydrogen) atoms. The SMILES string of the molecule is CC1(n2c(SCC(=O)O)nnc2C2CC2)CC1. The van der Waals surface area contributed by atoms with Crippen LogP contribution < -0.4 is 0 Å². The van der Waals surface area contributed by atoms with Crippen LogP contribution >= 0.6 is 11.8 Å². The average molecular weight is 253 g/mol. The van der Waals surface area contributed by atoms with Crippen molar-refractivity contribution in [2.75, 3.05) is 5.75 Å². The monoisotopic (exact) mass is 253 g/mol. The number of aliphatic carboxylic acids is 1. The fourth-order valence-electron chi connectivity index (χ4n) is 2.02. The predicted molar refractivity (Wildman–Crippen MR) is 63.2 cm³/mol.